The third kappa shape index (κ3) is 8.07. The van der Waals surface area contributed by atoms with Crippen molar-refractivity contribution in [2.45, 2.75) is 45.1 Å². The van der Waals surface area contributed by atoms with Crippen LogP contribution in [0, 0.1) is 23.3 Å². The van der Waals surface area contributed by atoms with Crippen molar-refractivity contribution in [3.8, 4) is 45.1 Å². The SMILES string of the molecule is CCCCCc1cnc(-c2ccc(-c3ccc(-c4ccc(C(F)(F)Oc5ccc(OC(F)(F)F)c(F)c5)c(F)c4)c(F)c3)c(F)c2)nc1. The lowest BCUT2D eigenvalue weighted by Gasteiger charge is -2.20. The smallest absolute Gasteiger partial charge is 0.429 e. The van der Waals surface area contributed by atoms with Crippen molar-refractivity contribution in [2.24, 2.45) is 0 Å². The molecule has 0 aliphatic heterocycles. The second-order valence-electron chi connectivity index (χ2n) is 10.7. The first-order valence-electron chi connectivity index (χ1n) is 14.6. The molecule has 0 N–H and O–H groups in total. The van der Waals surface area contributed by atoms with E-state index >= 15 is 8.78 Å². The number of alkyl halides is 5. The number of aromatic nitrogens is 2. The van der Waals surface area contributed by atoms with Crippen LogP contribution in [-0.2, 0) is 12.5 Å². The van der Waals surface area contributed by atoms with E-state index in [0.29, 0.717) is 35.7 Å². The zero-order chi connectivity index (χ0) is 34.6. The number of nitrogens with zero attached hydrogens (tertiary/aromatic N) is 2. The second-order valence-corrected chi connectivity index (χ2v) is 10.7. The standard InChI is InChI=1S/C35H25F9N2O2/c1-2-3-4-5-20-18-45-33(46-19-20)23-7-11-26(29(37)16-23)21-6-10-25(28(36)14-21)22-8-12-27(30(38)15-22)34(40,41)47-24-9-13-32(31(39)17-24)48-35(42,43)44/h6-19H,2-5H2,1H3. The minimum Gasteiger partial charge on any atom is -0.429 e. The van der Waals surface area contributed by atoms with Crippen LogP contribution in [0.2, 0.25) is 0 Å². The van der Waals surface area contributed by atoms with E-state index in [1.807, 2.05) is 0 Å². The lowest BCUT2D eigenvalue weighted by Crippen LogP contribution is -2.23. The van der Waals surface area contributed by atoms with Crippen LogP contribution in [0.4, 0.5) is 39.5 Å². The van der Waals surface area contributed by atoms with Crippen molar-refractivity contribution in [3.63, 3.8) is 0 Å². The van der Waals surface area contributed by atoms with Gasteiger partial charge in [-0.05, 0) is 65.9 Å². The van der Waals surface area contributed by atoms with Gasteiger partial charge in [-0.3, -0.25) is 0 Å². The molecule has 0 aliphatic rings. The molecule has 5 rings (SSSR count). The zero-order valence-corrected chi connectivity index (χ0v) is 25.0. The summed E-state index contributed by atoms with van der Waals surface area (Å²) in [5.74, 6) is -6.61. The molecule has 1 aromatic heterocycles. The Morgan fingerprint density at radius 2 is 1.19 bits per heavy atom. The number of hydrogen-bond donors (Lipinski definition) is 0. The van der Waals surface area contributed by atoms with Gasteiger partial charge >= 0.3 is 12.5 Å². The molecule has 0 bridgehead atoms. The fourth-order valence-electron chi connectivity index (χ4n) is 4.89. The minimum atomic E-state index is -5.23. The molecule has 0 atom stereocenters. The Hall–Kier alpha value is -5.07. The van der Waals surface area contributed by atoms with Crippen LogP contribution < -0.4 is 9.47 Å². The molecule has 13 heteroatoms. The van der Waals surface area contributed by atoms with Gasteiger partial charge in [0.05, 0.1) is 5.56 Å². The Morgan fingerprint density at radius 3 is 1.75 bits per heavy atom. The van der Waals surface area contributed by atoms with E-state index in [1.165, 1.54) is 24.3 Å². The quantitative estimate of drug-likeness (QED) is 0.103. The predicted octanol–water partition coefficient (Wildman–Crippen LogP) is 10.8. The predicted molar refractivity (Wildman–Crippen MR) is 159 cm³/mol. The van der Waals surface area contributed by atoms with Crippen molar-refractivity contribution in [1.29, 1.82) is 0 Å². The van der Waals surface area contributed by atoms with E-state index in [4.69, 9.17) is 0 Å². The number of rotatable bonds is 11. The lowest BCUT2D eigenvalue weighted by molar-refractivity contribution is -0.275. The summed E-state index contributed by atoms with van der Waals surface area (Å²) in [7, 11) is 0. The maximum Gasteiger partial charge on any atom is 0.573 e. The minimum absolute atomic E-state index is 0.0631. The van der Waals surface area contributed by atoms with Gasteiger partial charge in [0.15, 0.2) is 17.4 Å². The van der Waals surface area contributed by atoms with E-state index in [-0.39, 0.29) is 28.3 Å². The summed E-state index contributed by atoms with van der Waals surface area (Å²) in [4.78, 5) is 8.64. The molecule has 0 radical (unpaired) electrons. The van der Waals surface area contributed by atoms with Crippen LogP contribution in [0.1, 0.15) is 37.3 Å². The molecule has 5 aromatic rings. The summed E-state index contributed by atoms with van der Waals surface area (Å²) in [6.45, 7) is 2.11. The topological polar surface area (TPSA) is 44.2 Å². The highest BCUT2D eigenvalue weighted by atomic mass is 19.4. The highest BCUT2D eigenvalue weighted by Gasteiger charge is 2.38. The Bertz CT molecular complexity index is 1910. The van der Waals surface area contributed by atoms with Crippen molar-refractivity contribution in [2.75, 3.05) is 0 Å². The molecule has 0 fully saturated rings. The van der Waals surface area contributed by atoms with Crippen LogP contribution >= 0.6 is 0 Å². The molecule has 0 amide bonds. The molecular weight excluding hydrogens is 651 g/mol. The monoisotopic (exact) mass is 676 g/mol. The van der Waals surface area contributed by atoms with Gasteiger partial charge in [-0.15, -0.1) is 13.2 Å². The van der Waals surface area contributed by atoms with E-state index in [1.54, 1.807) is 18.5 Å². The third-order valence-corrected chi connectivity index (χ3v) is 7.25. The number of hydrogen-bond acceptors (Lipinski definition) is 4. The number of ether oxygens (including phenoxy) is 2. The van der Waals surface area contributed by atoms with Crippen molar-refractivity contribution >= 4 is 0 Å². The Balaban J connectivity index is 1.31. The summed E-state index contributed by atoms with van der Waals surface area (Å²) in [5, 5.41) is 0. The van der Waals surface area contributed by atoms with Crippen LogP contribution in [0.3, 0.4) is 0 Å². The molecule has 1 heterocycles. The summed E-state index contributed by atoms with van der Waals surface area (Å²) in [6.07, 6.45) is -2.21. The number of unbranched alkanes of at least 4 members (excludes halogenated alkanes) is 2. The highest BCUT2D eigenvalue weighted by Crippen LogP contribution is 2.38. The van der Waals surface area contributed by atoms with Gasteiger partial charge < -0.3 is 9.47 Å². The van der Waals surface area contributed by atoms with E-state index < -0.39 is 52.8 Å². The highest BCUT2D eigenvalue weighted by molar-refractivity contribution is 5.73. The molecule has 0 spiro atoms. The maximum absolute atomic E-state index is 15.2. The largest absolute Gasteiger partial charge is 0.573 e. The summed E-state index contributed by atoms with van der Waals surface area (Å²) in [6, 6.07) is 11.3. The van der Waals surface area contributed by atoms with Gasteiger partial charge in [0.25, 0.3) is 0 Å². The molecule has 4 nitrogen and oxygen atoms in total. The van der Waals surface area contributed by atoms with Crippen LogP contribution in [0.25, 0.3) is 33.6 Å². The van der Waals surface area contributed by atoms with Gasteiger partial charge in [-0.2, -0.15) is 8.78 Å². The average molecular weight is 677 g/mol. The Kier molecular flexibility index (Phi) is 9.97. The Morgan fingerprint density at radius 1 is 0.604 bits per heavy atom. The van der Waals surface area contributed by atoms with Gasteiger partial charge in [0.1, 0.15) is 23.2 Å². The lowest BCUT2D eigenvalue weighted by atomic mass is 9.97. The summed E-state index contributed by atoms with van der Waals surface area (Å²) >= 11 is 0. The van der Waals surface area contributed by atoms with Crippen molar-refractivity contribution in [3.05, 3.63) is 120 Å². The first-order valence-corrected chi connectivity index (χ1v) is 14.6. The maximum atomic E-state index is 15.2. The van der Waals surface area contributed by atoms with E-state index in [9.17, 15) is 30.7 Å². The van der Waals surface area contributed by atoms with E-state index in [0.717, 1.165) is 43.4 Å². The van der Waals surface area contributed by atoms with Crippen LogP contribution in [0.5, 0.6) is 11.5 Å². The zero-order valence-electron chi connectivity index (χ0n) is 25.0. The van der Waals surface area contributed by atoms with Crippen LogP contribution in [-0.4, -0.2) is 16.3 Å². The molecule has 0 aliphatic carbocycles. The molecule has 0 saturated heterocycles. The third-order valence-electron chi connectivity index (χ3n) is 7.25. The van der Waals surface area contributed by atoms with Gasteiger partial charge in [0, 0.05) is 35.2 Å². The van der Waals surface area contributed by atoms with Gasteiger partial charge in [0.2, 0.25) is 0 Å². The number of benzene rings is 4. The van der Waals surface area contributed by atoms with Crippen molar-refractivity contribution in [1.82, 2.24) is 9.97 Å². The number of halogens is 9. The molecule has 4 aromatic carbocycles. The van der Waals surface area contributed by atoms with E-state index in [2.05, 4.69) is 26.4 Å². The molecular formula is C35H25F9N2O2. The molecule has 0 saturated carbocycles. The van der Waals surface area contributed by atoms with Crippen molar-refractivity contribution < 1.29 is 49.0 Å². The van der Waals surface area contributed by atoms with Crippen LogP contribution in [0.15, 0.2) is 85.2 Å². The summed E-state index contributed by atoms with van der Waals surface area (Å²) in [5.41, 5.74) is -0.0158. The molecule has 0 unspecified atom stereocenters. The Labute approximate surface area is 268 Å². The average Bonchev–Trinajstić information content (AvgIpc) is 3.02. The van der Waals surface area contributed by atoms with Gasteiger partial charge in [-0.1, -0.05) is 50.1 Å². The second kappa shape index (κ2) is 14.0. The van der Waals surface area contributed by atoms with Gasteiger partial charge in [-0.25, -0.2) is 27.5 Å². The fraction of sp³-hybridized carbons (Fsp3) is 0.200. The first-order chi connectivity index (χ1) is 22.7. The molecule has 250 valence electrons. The first kappa shape index (κ1) is 34.3. The number of aryl methyl sites for hydroxylation is 1. The fourth-order valence-corrected chi connectivity index (χ4v) is 4.89. The summed E-state index contributed by atoms with van der Waals surface area (Å²) < 4.78 is 134. The molecule has 48 heavy (non-hydrogen) atoms. The normalized spacial score (nSPS) is 11.9.